The molecule has 0 aliphatic carbocycles. The molecule has 0 aliphatic rings. The molecule has 0 bridgehead atoms. The molecule has 6 nitrogen and oxygen atoms in total. The lowest BCUT2D eigenvalue weighted by atomic mass is 10.1. The van der Waals surface area contributed by atoms with E-state index in [-0.39, 0.29) is 17.9 Å². The van der Waals surface area contributed by atoms with E-state index in [0.717, 1.165) is 0 Å². The molecule has 1 unspecified atom stereocenters. The summed E-state index contributed by atoms with van der Waals surface area (Å²) >= 11 is 0. The number of carbonyl (C=O) groups excluding carboxylic acids is 1. The van der Waals surface area contributed by atoms with Crippen molar-refractivity contribution >= 4 is 11.6 Å². The number of anilines is 1. The average molecular weight is 252 g/mol. The molecule has 0 saturated carbocycles. The number of hydrazine groups is 1. The van der Waals surface area contributed by atoms with Crippen LogP contribution >= 0.6 is 0 Å². The van der Waals surface area contributed by atoms with Crippen molar-refractivity contribution in [1.29, 1.82) is 0 Å². The Morgan fingerprint density at radius 3 is 2.83 bits per heavy atom. The van der Waals surface area contributed by atoms with Gasteiger partial charge in [-0.25, -0.2) is 0 Å². The van der Waals surface area contributed by atoms with Crippen LogP contribution in [0.3, 0.4) is 0 Å². The van der Waals surface area contributed by atoms with E-state index in [1.165, 1.54) is 6.20 Å². The van der Waals surface area contributed by atoms with Crippen molar-refractivity contribution in [2.75, 3.05) is 19.1 Å². The Balaban J connectivity index is 2.73. The highest BCUT2D eigenvalue weighted by atomic mass is 16.5. The topological polar surface area (TPSA) is 89.3 Å². The Labute approximate surface area is 107 Å². The highest BCUT2D eigenvalue weighted by Gasteiger charge is 2.17. The molecule has 1 aromatic heterocycles. The van der Waals surface area contributed by atoms with E-state index >= 15 is 0 Å². The zero-order chi connectivity index (χ0) is 13.5. The van der Waals surface area contributed by atoms with Crippen molar-refractivity contribution in [1.82, 2.24) is 10.3 Å². The van der Waals surface area contributed by atoms with Gasteiger partial charge in [-0.15, -0.1) is 0 Å². The Bertz CT molecular complexity index is 395. The fourth-order valence-electron chi connectivity index (χ4n) is 1.47. The predicted octanol–water partition coefficient (Wildman–Crippen LogP) is 0.768. The molecule has 0 aliphatic heterocycles. The number of hydrogen-bond acceptors (Lipinski definition) is 5. The first-order chi connectivity index (χ1) is 8.58. The first kappa shape index (κ1) is 14.4. The minimum absolute atomic E-state index is 0.0428. The van der Waals surface area contributed by atoms with Crippen molar-refractivity contribution in [2.24, 2.45) is 11.8 Å². The monoisotopic (exact) mass is 252 g/mol. The molecule has 0 fully saturated rings. The summed E-state index contributed by atoms with van der Waals surface area (Å²) in [4.78, 5) is 16.0. The number of nitrogen functional groups attached to an aromatic ring is 1. The van der Waals surface area contributed by atoms with Crippen LogP contribution in [0.25, 0.3) is 0 Å². The third kappa shape index (κ3) is 3.97. The van der Waals surface area contributed by atoms with Crippen molar-refractivity contribution in [3.63, 3.8) is 0 Å². The molecule has 0 saturated heterocycles. The van der Waals surface area contributed by atoms with Crippen LogP contribution in [0.1, 0.15) is 24.3 Å². The van der Waals surface area contributed by atoms with Crippen LogP contribution in [-0.2, 0) is 4.74 Å². The van der Waals surface area contributed by atoms with E-state index in [0.29, 0.717) is 18.0 Å². The maximum atomic E-state index is 12.0. The molecular weight excluding hydrogens is 232 g/mol. The smallest absolute Gasteiger partial charge is 0.270 e. The summed E-state index contributed by atoms with van der Waals surface area (Å²) in [6.07, 6.45) is 1.53. The zero-order valence-corrected chi connectivity index (χ0v) is 10.9. The van der Waals surface area contributed by atoms with Crippen molar-refractivity contribution in [3.05, 3.63) is 24.0 Å². The Morgan fingerprint density at radius 1 is 1.56 bits per heavy atom. The number of amides is 1. The van der Waals surface area contributed by atoms with Gasteiger partial charge in [-0.3, -0.25) is 15.6 Å². The minimum Gasteiger partial charge on any atom is -0.383 e. The number of nitrogens with two attached hydrogens (primary N) is 1. The van der Waals surface area contributed by atoms with Crippen LogP contribution in [-0.4, -0.2) is 30.6 Å². The lowest BCUT2D eigenvalue weighted by molar-refractivity contribution is 0.0862. The van der Waals surface area contributed by atoms with Gasteiger partial charge < -0.3 is 15.5 Å². The molecule has 0 radical (unpaired) electrons. The maximum absolute atomic E-state index is 12.0. The molecule has 1 amide bonds. The summed E-state index contributed by atoms with van der Waals surface area (Å²) < 4.78 is 5.08. The van der Waals surface area contributed by atoms with Crippen LogP contribution in [0.2, 0.25) is 0 Å². The average Bonchev–Trinajstić information content (AvgIpc) is 2.38. The molecule has 0 aromatic carbocycles. The highest BCUT2D eigenvalue weighted by Crippen LogP contribution is 2.08. The van der Waals surface area contributed by atoms with Gasteiger partial charge in [0.1, 0.15) is 5.69 Å². The van der Waals surface area contributed by atoms with Gasteiger partial charge in [0.25, 0.3) is 5.91 Å². The first-order valence-corrected chi connectivity index (χ1v) is 5.81. The third-order valence-corrected chi connectivity index (χ3v) is 2.63. The molecule has 1 atom stereocenters. The normalized spacial score (nSPS) is 12.3. The lowest BCUT2D eigenvalue weighted by Crippen LogP contribution is -2.42. The second-order valence-electron chi connectivity index (χ2n) is 4.35. The number of ether oxygens (including phenoxy) is 1. The van der Waals surface area contributed by atoms with Crippen LogP contribution < -0.4 is 16.6 Å². The first-order valence-electron chi connectivity index (χ1n) is 5.81. The van der Waals surface area contributed by atoms with E-state index in [2.05, 4.69) is 15.7 Å². The molecule has 100 valence electrons. The van der Waals surface area contributed by atoms with Gasteiger partial charge in [-0.2, -0.15) is 0 Å². The number of nitrogens with zero attached hydrogens (tertiary/aromatic N) is 1. The Hall–Kier alpha value is -1.66. The predicted molar refractivity (Wildman–Crippen MR) is 70.0 cm³/mol. The number of pyridine rings is 1. The van der Waals surface area contributed by atoms with E-state index in [1.807, 2.05) is 13.8 Å². The van der Waals surface area contributed by atoms with Crippen LogP contribution in [0.5, 0.6) is 0 Å². The second-order valence-corrected chi connectivity index (χ2v) is 4.35. The van der Waals surface area contributed by atoms with E-state index < -0.39 is 0 Å². The van der Waals surface area contributed by atoms with E-state index in [4.69, 9.17) is 10.6 Å². The fraction of sp³-hybridized carbons (Fsp3) is 0.500. The summed E-state index contributed by atoms with van der Waals surface area (Å²) in [5.41, 5.74) is 3.45. The zero-order valence-electron chi connectivity index (χ0n) is 10.9. The number of rotatable bonds is 6. The van der Waals surface area contributed by atoms with Gasteiger partial charge >= 0.3 is 0 Å². The summed E-state index contributed by atoms with van der Waals surface area (Å²) in [5.74, 6) is 5.34. The molecule has 1 aromatic rings. The summed E-state index contributed by atoms with van der Waals surface area (Å²) in [6.45, 7) is 4.52. The van der Waals surface area contributed by atoms with E-state index in [1.54, 1.807) is 19.2 Å². The van der Waals surface area contributed by atoms with Crippen LogP contribution in [0.4, 0.5) is 5.69 Å². The van der Waals surface area contributed by atoms with Gasteiger partial charge in [-0.05, 0) is 18.1 Å². The molecule has 0 spiro atoms. The van der Waals surface area contributed by atoms with Gasteiger partial charge in [0.15, 0.2) is 0 Å². The summed E-state index contributed by atoms with van der Waals surface area (Å²) in [5, 5.41) is 2.89. The third-order valence-electron chi connectivity index (χ3n) is 2.63. The van der Waals surface area contributed by atoms with Gasteiger partial charge in [0, 0.05) is 13.3 Å². The SMILES string of the molecule is COCC(NC(=O)c1cc(NN)ccn1)C(C)C. The number of carbonyl (C=O) groups is 1. The van der Waals surface area contributed by atoms with Gasteiger partial charge in [0.05, 0.1) is 18.3 Å². The van der Waals surface area contributed by atoms with Crippen molar-refractivity contribution in [2.45, 2.75) is 19.9 Å². The Kier molecular flexibility index (Phi) is 5.54. The standard InChI is InChI=1S/C12H20N4O2/c1-8(2)11(7-18-3)15-12(17)10-6-9(16-13)4-5-14-10/h4-6,8,11H,7,13H2,1-3H3,(H,14,16)(H,15,17). The number of aromatic nitrogens is 1. The summed E-state index contributed by atoms with van der Waals surface area (Å²) in [7, 11) is 1.61. The fourth-order valence-corrected chi connectivity index (χ4v) is 1.47. The van der Waals surface area contributed by atoms with Crippen LogP contribution in [0, 0.1) is 5.92 Å². The van der Waals surface area contributed by atoms with E-state index in [9.17, 15) is 4.79 Å². The Morgan fingerprint density at radius 2 is 2.28 bits per heavy atom. The quantitative estimate of drug-likeness (QED) is 0.514. The van der Waals surface area contributed by atoms with Gasteiger partial charge in [0.2, 0.25) is 0 Å². The lowest BCUT2D eigenvalue weighted by Gasteiger charge is -2.21. The van der Waals surface area contributed by atoms with Crippen molar-refractivity contribution < 1.29 is 9.53 Å². The summed E-state index contributed by atoms with van der Waals surface area (Å²) in [6, 6.07) is 3.24. The highest BCUT2D eigenvalue weighted by molar-refractivity contribution is 5.93. The molecule has 1 heterocycles. The molecule has 4 N–H and O–H groups in total. The molecule has 1 rings (SSSR count). The van der Waals surface area contributed by atoms with Crippen LogP contribution in [0.15, 0.2) is 18.3 Å². The van der Waals surface area contributed by atoms with Gasteiger partial charge in [-0.1, -0.05) is 13.8 Å². The number of nitrogens with one attached hydrogen (secondary N) is 2. The molecule has 18 heavy (non-hydrogen) atoms. The number of hydrogen-bond donors (Lipinski definition) is 3. The molecule has 6 heteroatoms. The molecular formula is C12H20N4O2. The maximum Gasteiger partial charge on any atom is 0.270 e. The second kappa shape index (κ2) is 6.93. The largest absolute Gasteiger partial charge is 0.383 e. The van der Waals surface area contributed by atoms with Crippen molar-refractivity contribution in [3.8, 4) is 0 Å². The number of methoxy groups -OCH3 is 1. The minimum atomic E-state index is -0.233.